The van der Waals surface area contributed by atoms with Crippen molar-refractivity contribution in [2.24, 2.45) is 0 Å². The molecule has 1 radical (unpaired) electrons. The Hall–Kier alpha value is -0.570. The van der Waals surface area contributed by atoms with Crippen molar-refractivity contribution in [1.29, 1.82) is 0 Å². The quantitative estimate of drug-likeness (QED) is 0.677. The van der Waals surface area contributed by atoms with Crippen LogP contribution in [0.3, 0.4) is 0 Å². The third kappa shape index (κ3) is 3.37. The van der Waals surface area contributed by atoms with Crippen molar-refractivity contribution in [3.05, 3.63) is 35.9 Å². The molecule has 0 atom stereocenters. The molecule has 0 spiro atoms. The number of rotatable bonds is 3. The molecular weight excluding hydrogens is 166 g/mol. The van der Waals surface area contributed by atoms with E-state index in [0.717, 1.165) is 5.56 Å². The minimum absolute atomic E-state index is 0.367. The van der Waals surface area contributed by atoms with Gasteiger partial charge in [-0.25, -0.2) is 0 Å². The maximum Gasteiger partial charge on any atom is 0.284 e. The monoisotopic (exact) mass is 173 g/mol. The normalized spacial score (nSPS) is 10.5. The fourth-order valence-electron chi connectivity index (χ4n) is 0.677. The van der Waals surface area contributed by atoms with Gasteiger partial charge >= 0.3 is 0 Å². The molecule has 1 rings (SSSR count). The minimum Gasteiger partial charge on any atom is -0.198 e. The highest BCUT2D eigenvalue weighted by atomic mass is 32.2. The maximum absolute atomic E-state index is 11.7. The molecule has 0 aliphatic rings. The second-order valence-corrected chi connectivity index (χ2v) is 2.96. The summed E-state index contributed by atoms with van der Waals surface area (Å²) < 4.78 is 23.4. The highest BCUT2D eigenvalue weighted by Gasteiger charge is 2.01. The Morgan fingerprint density at radius 1 is 1.36 bits per heavy atom. The van der Waals surface area contributed by atoms with Crippen LogP contribution in [0.15, 0.2) is 24.3 Å². The fourth-order valence-corrected chi connectivity index (χ4v) is 1.19. The lowest BCUT2D eigenvalue weighted by molar-refractivity contribution is 0.252. The first-order chi connectivity index (χ1) is 5.29. The van der Waals surface area contributed by atoms with E-state index in [2.05, 4.69) is 6.07 Å². The number of alkyl halides is 2. The Kier molecular flexibility index (Phi) is 3.36. The molecule has 0 aliphatic heterocycles. The molecule has 0 saturated carbocycles. The van der Waals surface area contributed by atoms with Crippen LogP contribution < -0.4 is 0 Å². The van der Waals surface area contributed by atoms with Crippen LogP contribution in [0.25, 0.3) is 0 Å². The molecule has 1 aromatic carbocycles. The summed E-state index contributed by atoms with van der Waals surface area (Å²) in [4.78, 5) is 0. The van der Waals surface area contributed by atoms with Crippen LogP contribution in [0.4, 0.5) is 8.78 Å². The van der Waals surface area contributed by atoms with Gasteiger partial charge in [0.1, 0.15) is 0 Å². The lowest BCUT2D eigenvalue weighted by Gasteiger charge is -1.98. The average Bonchev–Trinajstić information content (AvgIpc) is 2.03. The van der Waals surface area contributed by atoms with Crippen molar-refractivity contribution in [1.82, 2.24) is 0 Å². The topological polar surface area (TPSA) is 0 Å². The van der Waals surface area contributed by atoms with E-state index >= 15 is 0 Å². The summed E-state index contributed by atoms with van der Waals surface area (Å²) in [5, 5.41) is 0. The van der Waals surface area contributed by atoms with Crippen LogP contribution in [0.2, 0.25) is 0 Å². The van der Waals surface area contributed by atoms with Gasteiger partial charge in [-0.15, -0.1) is 0 Å². The highest BCUT2D eigenvalue weighted by Crippen LogP contribution is 2.18. The van der Waals surface area contributed by atoms with Gasteiger partial charge in [-0.05, 0) is 11.6 Å². The smallest absolute Gasteiger partial charge is 0.198 e. The van der Waals surface area contributed by atoms with Crippen LogP contribution >= 0.6 is 11.8 Å². The van der Waals surface area contributed by atoms with Crippen molar-refractivity contribution in [3.63, 3.8) is 0 Å². The molecular formula is C8H7F2S. The molecule has 0 nitrogen and oxygen atoms in total. The highest BCUT2D eigenvalue weighted by molar-refractivity contribution is 7.98. The van der Waals surface area contributed by atoms with Gasteiger partial charge in [-0.1, -0.05) is 36.0 Å². The van der Waals surface area contributed by atoms with Gasteiger partial charge < -0.3 is 0 Å². The second-order valence-electron chi connectivity index (χ2n) is 1.98. The fraction of sp³-hybridized carbons (Fsp3) is 0.250. The standard InChI is InChI=1S/C8H7F2S/c9-8(10)11-6-7-4-2-1-3-5-7/h2-5,8H,6H2. The molecule has 0 bridgehead atoms. The molecule has 11 heavy (non-hydrogen) atoms. The van der Waals surface area contributed by atoms with Gasteiger partial charge in [0.2, 0.25) is 0 Å². The first-order valence-electron chi connectivity index (χ1n) is 3.14. The largest absolute Gasteiger partial charge is 0.284 e. The molecule has 1 aromatic rings. The zero-order valence-corrected chi connectivity index (χ0v) is 6.57. The van der Waals surface area contributed by atoms with E-state index < -0.39 is 5.76 Å². The van der Waals surface area contributed by atoms with Crippen molar-refractivity contribution < 1.29 is 8.78 Å². The predicted octanol–water partition coefficient (Wildman–Crippen LogP) is 2.94. The summed E-state index contributed by atoms with van der Waals surface area (Å²) in [5.74, 6) is -1.91. The molecule has 0 N–H and O–H groups in total. The summed E-state index contributed by atoms with van der Waals surface area (Å²) in [7, 11) is 0. The Morgan fingerprint density at radius 3 is 2.55 bits per heavy atom. The van der Waals surface area contributed by atoms with E-state index in [-0.39, 0.29) is 0 Å². The van der Waals surface area contributed by atoms with Gasteiger partial charge in [0, 0.05) is 5.75 Å². The van der Waals surface area contributed by atoms with E-state index in [4.69, 9.17) is 0 Å². The summed E-state index contributed by atoms with van der Waals surface area (Å²) in [6.07, 6.45) is 0. The lowest BCUT2D eigenvalue weighted by Crippen LogP contribution is -1.84. The average molecular weight is 173 g/mol. The first-order valence-corrected chi connectivity index (χ1v) is 4.18. The minimum atomic E-state index is -2.28. The van der Waals surface area contributed by atoms with Crippen molar-refractivity contribution in [3.8, 4) is 0 Å². The Balaban J connectivity index is 2.39. The predicted molar refractivity (Wildman–Crippen MR) is 42.6 cm³/mol. The zero-order valence-electron chi connectivity index (χ0n) is 5.76. The third-order valence-electron chi connectivity index (χ3n) is 1.16. The molecule has 0 amide bonds. The van der Waals surface area contributed by atoms with Gasteiger partial charge in [0.05, 0.1) is 0 Å². The zero-order chi connectivity index (χ0) is 8.10. The van der Waals surface area contributed by atoms with E-state index in [1.54, 1.807) is 24.3 Å². The van der Waals surface area contributed by atoms with E-state index in [1.807, 2.05) is 0 Å². The Labute approximate surface area is 68.6 Å². The number of hydrogen-bond donors (Lipinski definition) is 0. The molecule has 59 valence electrons. The van der Waals surface area contributed by atoms with E-state index in [0.29, 0.717) is 17.5 Å². The number of halogens is 2. The second kappa shape index (κ2) is 4.34. The molecule has 0 aliphatic carbocycles. The Bertz CT molecular complexity index is 199. The molecule has 0 unspecified atom stereocenters. The van der Waals surface area contributed by atoms with Gasteiger partial charge in [-0.2, -0.15) is 8.78 Å². The Morgan fingerprint density at radius 2 is 2.00 bits per heavy atom. The summed E-state index contributed by atoms with van der Waals surface area (Å²) in [6.45, 7) is 0. The summed E-state index contributed by atoms with van der Waals surface area (Å²) in [5.41, 5.74) is 0.911. The first kappa shape index (κ1) is 8.53. The summed E-state index contributed by atoms with van der Waals surface area (Å²) >= 11 is 0.637. The van der Waals surface area contributed by atoms with Crippen molar-refractivity contribution in [2.45, 2.75) is 11.5 Å². The van der Waals surface area contributed by atoms with Gasteiger partial charge in [0.25, 0.3) is 5.76 Å². The van der Waals surface area contributed by atoms with E-state index in [9.17, 15) is 8.78 Å². The van der Waals surface area contributed by atoms with Crippen molar-refractivity contribution >= 4 is 11.8 Å². The van der Waals surface area contributed by atoms with Crippen LogP contribution in [-0.2, 0) is 5.75 Å². The third-order valence-corrected chi connectivity index (χ3v) is 1.92. The van der Waals surface area contributed by atoms with Crippen LogP contribution in [0.5, 0.6) is 0 Å². The molecule has 3 heteroatoms. The van der Waals surface area contributed by atoms with Crippen LogP contribution in [-0.4, -0.2) is 5.76 Å². The van der Waals surface area contributed by atoms with Gasteiger partial charge in [-0.3, -0.25) is 0 Å². The number of hydrogen-bond acceptors (Lipinski definition) is 1. The van der Waals surface area contributed by atoms with Crippen LogP contribution in [0.1, 0.15) is 5.56 Å². The number of thioether (sulfide) groups is 1. The number of benzene rings is 1. The van der Waals surface area contributed by atoms with Gasteiger partial charge in [0.15, 0.2) is 0 Å². The maximum atomic E-state index is 11.7. The molecule has 0 heterocycles. The van der Waals surface area contributed by atoms with E-state index in [1.165, 1.54) is 0 Å². The van der Waals surface area contributed by atoms with Crippen LogP contribution in [0, 0.1) is 6.07 Å². The SMILES string of the molecule is FC(F)SCc1cc[c]cc1. The molecule has 0 saturated heterocycles. The molecule has 0 aromatic heterocycles. The lowest BCUT2D eigenvalue weighted by atomic mass is 10.2. The molecule has 0 fully saturated rings. The van der Waals surface area contributed by atoms with Crippen molar-refractivity contribution in [2.75, 3.05) is 0 Å². The summed E-state index contributed by atoms with van der Waals surface area (Å²) in [6, 6.07) is 9.84.